The number of aromatic amines is 4. The first kappa shape index (κ1) is 68.5. The van der Waals surface area contributed by atoms with Gasteiger partial charge in [-0.2, -0.15) is 26.8 Å². The van der Waals surface area contributed by atoms with Crippen LogP contribution in [-0.4, -0.2) is 93.7 Å². The minimum absolute atomic E-state index is 0. The van der Waals surface area contributed by atoms with Gasteiger partial charge in [-0.3, -0.25) is 29.9 Å². The summed E-state index contributed by atoms with van der Waals surface area (Å²) in [5.74, 6) is -5.52. The number of aromatic carboxylic acids is 2. The maximum absolute atomic E-state index is 13.5. The van der Waals surface area contributed by atoms with E-state index in [2.05, 4.69) is 71.0 Å². The smallest absolute Gasteiger partial charge is 0.871 e. The number of hydrogen-bond acceptors (Lipinski definition) is 28. The number of carboxylic acid groups (broad SMARTS) is 2. The van der Waals surface area contributed by atoms with Crippen molar-refractivity contribution in [3.05, 3.63) is 178 Å². The number of rotatable bonds is 16. The number of aromatic nitrogens is 6. The molecule has 10 aromatic rings. The van der Waals surface area contributed by atoms with Crippen LogP contribution in [0.2, 0.25) is 10.6 Å². The molecule has 10 N–H and O–H groups in total. The summed E-state index contributed by atoms with van der Waals surface area (Å²) < 4.78 is 137. The molecule has 0 unspecified atom stereocenters. The predicted octanol–water partition coefficient (Wildman–Crippen LogP) is 4.00. The molecule has 0 radical (unpaired) electrons. The number of azo groups is 2. The van der Waals surface area contributed by atoms with Crippen molar-refractivity contribution < 1.29 is 99.3 Å². The van der Waals surface area contributed by atoms with E-state index in [1.165, 1.54) is 78.9 Å². The first-order valence-electron chi connectivity index (χ1n) is 24.8. The third-order valence-electron chi connectivity index (χ3n) is 12.2. The third kappa shape index (κ3) is 16.8. The molecule has 0 fully saturated rings. The summed E-state index contributed by atoms with van der Waals surface area (Å²) in [5.41, 5.74) is -3.50. The fourth-order valence-corrected chi connectivity index (χ4v) is 10.9. The van der Waals surface area contributed by atoms with Crippen molar-refractivity contribution in [1.29, 1.82) is 10.8 Å². The molecule has 2 aromatic heterocycles. The van der Waals surface area contributed by atoms with E-state index in [1.54, 1.807) is 0 Å². The summed E-state index contributed by atoms with van der Waals surface area (Å²) in [6, 6.07) is 26.9. The molecule has 10 rings (SSSR count). The van der Waals surface area contributed by atoms with Gasteiger partial charge in [-0.25, -0.2) is 26.8 Å². The number of carbonyl (C=O) groups excluding carboxylic acids is 2. The standard InChI is InChI=1S/2C26H19ClN8O9S2.Cr/c2*27-24-31-25(28)33-26(32-24)30-15-6-7-19(18(11-15)23(37)38)34-35-21-20(46(42,43)44)8-12-4-5-14(10-17(12)22(21)36)29-13-2-1-3-16(9-13)45(39,40)41;/h2*1-11,29,36H,(H,37,38)(H,39,40,41)(H,42,43,44)(H3,28,30,31,32,33);/q;;+2/p-6. The van der Waals surface area contributed by atoms with Gasteiger partial charge in [0.1, 0.15) is 25.1 Å². The van der Waals surface area contributed by atoms with Crippen molar-refractivity contribution in [3.8, 4) is 11.5 Å². The molecule has 93 heavy (non-hydrogen) atoms. The van der Waals surface area contributed by atoms with Crippen molar-refractivity contribution >= 4 is 154 Å². The first-order chi connectivity index (χ1) is 43.2. The van der Waals surface area contributed by atoms with Crippen LogP contribution in [0.25, 0.3) is 21.5 Å². The summed E-state index contributed by atoms with van der Waals surface area (Å²) in [7, 11) is -19.6. The van der Waals surface area contributed by atoms with Gasteiger partial charge in [0.2, 0.25) is 33.0 Å². The summed E-state index contributed by atoms with van der Waals surface area (Å²) in [4.78, 5) is 46.3. The van der Waals surface area contributed by atoms with Crippen LogP contribution in [0.5, 0.6) is 11.5 Å². The van der Waals surface area contributed by atoms with E-state index in [9.17, 15) is 81.9 Å². The van der Waals surface area contributed by atoms with Gasteiger partial charge in [-0.15, -0.1) is 20.5 Å². The summed E-state index contributed by atoms with van der Waals surface area (Å²) in [5, 5.41) is 85.9. The van der Waals surface area contributed by atoms with E-state index in [1.807, 2.05) is 0 Å². The van der Waals surface area contributed by atoms with Gasteiger partial charge in [-0.05, 0) is 154 Å². The third-order valence-corrected chi connectivity index (χ3v) is 15.9. The number of halogens is 2. The van der Waals surface area contributed by atoms with E-state index in [4.69, 9.17) is 34.0 Å². The molecule has 476 valence electrons. The van der Waals surface area contributed by atoms with Crippen molar-refractivity contribution in [2.45, 2.75) is 19.6 Å². The van der Waals surface area contributed by atoms with Crippen molar-refractivity contribution in [1.82, 2.24) is 29.9 Å². The summed E-state index contributed by atoms with van der Waals surface area (Å²) in [6.07, 6.45) is 0. The Bertz CT molecular complexity index is 5240. The van der Waals surface area contributed by atoms with Crippen LogP contribution in [-0.2, 0) is 57.8 Å². The van der Waals surface area contributed by atoms with Crippen LogP contribution in [0.1, 0.15) is 20.7 Å². The molecule has 8 aromatic carbocycles. The molecule has 0 spiro atoms. The quantitative estimate of drug-likeness (QED) is 0.0482. The van der Waals surface area contributed by atoms with Gasteiger partial charge in [0.25, 0.3) is 20.2 Å². The van der Waals surface area contributed by atoms with E-state index in [0.29, 0.717) is 0 Å². The second-order valence-electron chi connectivity index (χ2n) is 18.4. The normalized spacial score (nSPS) is 12.4. The van der Waals surface area contributed by atoms with E-state index >= 15 is 0 Å². The Morgan fingerprint density at radius 1 is 0.495 bits per heavy atom. The number of carbonyl (C=O) groups is 2. The number of nitrogens with one attached hydrogen (secondary N) is 8. The monoisotopic (exact) mass is 1420 g/mol. The Labute approximate surface area is 540 Å². The largest absolute Gasteiger partial charge is 2.00 e. The van der Waals surface area contributed by atoms with E-state index < -0.39 is 107 Å². The Morgan fingerprint density at radius 3 is 1.30 bits per heavy atom. The first-order valence-corrected chi connectivity index (χ1v) is 31.2. The number of fused-ring (bicyclic) bond motifs is 2. The van der Waals surface area contributed by atoms with Crippen LogP contribution in [0.15, 0.2) is 183 Å². The van der Waals surface area contributed by atoms with Gasteiger partial charge in [0.05, 0.1) is 60.7 Å². The molecule has 0 saturated heterocycles. The van der Waals surface area contributed by atoms with Gasteiger partial charge in [0.15, 0.2) is 0 Å². The zero-order chi connectivity index (χ0) is 66.8. The fourth-order valence-electron chi connectivity index (χ4n) is 8.24. The Kier molecular flexibility index (Phi) is 20.0. The zero-order valence-electron chi connectivity index (χ0n) is 45.5. The van der Waals surface area contributed by atoms with Crippen LogP contribution in [0.4, 0.5) is 56.9 Å². The minimum Gasteiger partial charge on any atom is -0.871 e. The molecule has 0 amide bonds. The summed E-state index contributed by atoms with van der Waals surface area (Å²) in [6.45, 7) is 0. The number of anilines is 4. The SMILES string of the molecule is N=c1nc(Cl)[nH]c(=Nc2ccc(N=Nc3c(S(=O)(=O)O)cc4ccc(Nc5cccc(S(=O)(=O)O)c5)cc4c3[O-])c(C(=O)[O-])c2)[nH]1.N=c1nc(Cl)[nH]c(=Nc2ccc(N=Nc3c(S(=O)(=O)[O-])cc4ccc(Nc5cccc(S(=O)(=O)[O-])c5)cc4c3[O-])c(C(=O)[O-])c2)[nH]1.[Cr+2]. The molecule has 0 bridgehead atoms. The number of nitrogens with zero attached hydrogens (tertiary/aromatic N) is 8. The van der Waals surface area contributed by atoms with Gasteiger partial charge in [0, 0.05) is 33.9 Å². The van der Waals surface area contributed by atoms with Crippen molar-refractivity contribution in [3.63, 3.8) is 0 Å². The second kappa shape index (κ2) is 27.2. The maximum Gasteiger partial charge on any atom is 2.00 e. The van der Waals surface area contributed by atoms with Crippen molar-refractivity contribution in [2.24, 2.45) is 30.4 Å². The van der Waals surface area contributed by atoms with Crippen LogP contribution in [0, 0.1) is 10.8 Å². The minimum atomic E-state index is -5.29. The fraction of sp³-hybridized carbons (Fsp3) is 0. The second-order valence-corrected chi connectivity index (χ2v) is 24.7. The molecule has 0 saturated carbocycles. The zero-order valence-corrected chi connectivity index (χ0v) is 51.6. The van der Waals surface area contributed by atoms with Crippen LogP contribution < -0.4 is 53.5 Å². The Balaban J connectivity index is 0.000000236. The van der Waals surface area contributed by atoms with Gasteiger partial charge < -0.3 is 59.7 Å². The van der Waals surface area contributed by atoms with E-state index in [0.717, 1.165) is 54.6 Å². The molecule has 0 atom stereocenters. The van der Waals surface area contributed by atoms with Crippen LogP contribution in [0.3, 0.4) is 0 Å². The van der Waals surface area contributed by atoms with Crippen LogP contribution >= 0.6 is 23.2 Å². The molecule has 34 nitrogen and oxygen atoms in total. The van der Waals surface area contributed by atoms with Gasteiger partial charge >= 0.3 is 17.4 Å². The molecule has 2 heterocycles. The number of carboxylic acids is 2. The van der Waals surface area contributed by atoms with Crippen molar-refractivity contribution in [2.75, 3.05) is 10.6 Å². The maximum atomic E-state index is 13.5. The number of benzene rings is 8. The average molecular weight is 1420 g/mol. The number of hydrogen-bond donors (Lipinski definition) is 10. The molecule has 41 heteroatoms. The molecule has 0 aliphatic carbocycles. The molecular formula is C52H32Cl2CrN16O18S4-4. The summed E-state index contributed by atoms with van der Waals surface area (Å²) >= 11 is 11.5. The molecule has 0 aliphatic heterocycles. The number of H-pyrrole nitrogens is 4. The predicted molar refractivity (Wildman–Crippen MR) is 310 cm³/mol. The Morgan fingerprint density at radius 2 is 0.903 bits per heavy atom. The van der Waals surface area contributed by atoms with E-state index in [-0.39, 0.29) is 117 Å². The van der Waals surface area contributed by atoms with Gasteiger partial charge in [-0.1, -0.05) is 35.8 Å². The average Bonchev–Trinajstić information content (AvgIpc) is 0.776. The molecular weight excluding hydrogens is 1390 g/mol. The topological polar surface area (TPSA) is 584 Å². The molecule has 0 aliphatic rings. The Hall–Kier alpha value is -10.4.